The number of anilines is 3. The fourth-order valence-corrected chi connectivity index (χ4v) is 2.77. The molecule has 5 nitrogen and oxygen atoms in total. The maximum absolute atomic E-state index is 13.8. The SMILES string of the molecule is O=C(Nc1cccc2cccnc12)c1cc(Nc2ccc(F)cc2F)ccn1. The van der Waals surface area contributed by atoms with Crippen LogP contribution in [0.5, 0.6) is 0 Å². The zero-order valence-electron chi connectivity index (χ0n) is 14.5. The summed E-state index contributed by atoms with van der Waals surface area (Å²) in [5.74, 6) is -1.83. The van der Waals surface area contributed by atoms with Crippen LogP contribution in [-0.2, 0) is 0 Å². The van der Waals surface area contributed by atoms with Crippen molar-refractivity contribution in [2.24, 2.45) is 0 Å². The van der Waals surface area contributed by atoms with E-state index in [2.05, 4.69) is 20.6 Å². The number of para-hydroxylation sites is 1. The van der Waals surface area contributed by atoms with Gasteiger partial charge in [-0.15, -0.1) is 0 Å². The molecule has 0 saturated heterocycles. The molecule has 0 fully saturated rings. The van der Waals surface area contributed by atoms with Crippen molar-refractivity contribution in [1.29, 1.82) is 0 Å². The van der Waals surface area contributed by atoms with E-state index in [-0.39, 0.29) is 11.4 Å². The van der Waals surface area contributed by atoms with Gasteiger partial charge in [0, 0.05) is 29.5 Å². The van der Waals surface area contributed by atoms with Crippen LogP contribution in [-0.4, -0.2) is 15.9 Å². The molecule has 0 aliphatic heterocycles. The fourth-order valence-electron chi connectivity index (χ4n) is 2.77. The highest BCUT2D eigenvalue weighted by molar-refractivity contribution is 6.07. The number of nitrogens with zero attached hydrogens (tertiary/aromatic N) is 2. The molecule has 138 valence electrons. The van der Waals surface area contributed by atoms with Gasteiger partial charge in [0.1, 0.15) is 17.3 Å². The Morgan fingerprint density at radius 3 is 2.57 bits per heavy atom. The number of hydrogen-bond acceptors (Lipinski definition) is 4. The van der Waals surface area contributed by atoms with E-state index in [0.29, 0.717) is 16.9 Å². The number of halogens is 2. The smallest absolute Gasteiger partial charge is 0.274 e. The first-order valence-corrected chi connectivity index (χ1v) is 8.43. The van der Waals surface area contributed by atoms with E-state index >= 15 is 0 Å². The molecule has 2 heterocycles. The summed E-state index contributed by atoms with van der Waals surface area (Å²) in [5, 5.41) is 6.51. The van der Waals surface area contributed by atoms with Crippen LogP contribution in [0, 0.1) is 11.6 Å². The molecule has 4 rings (SSSR count). The average Bonchev–Trinajstić information content (AvgIpc) is 2.71. The summed E-state index contributed by atoms with van der Waals surface area (Å²) < 4.78 is 26.9. The van der Waals surface area contributed by atoms with Crippen LogP contribution < -0.4 is 10.6 Å². The van der Waals surface area contributed by atoms with Crippen molar-refractivity contribution < 1.29 is 13.6 Å². The molecule has 2 aromatic carbocycles. The van der Waals surface area contributed by atoms with E-state index in [1.54, 1.807) is 18.3 Å². The zero-order valence-corrected chi connectivity index (χ0v) is 14.5. The average molecular weight is 376 g/mol. The minimum atomic E-state index is -0.732. The van der Waals surface area contributed by atoms with Crippen LogP contribution >= 0.6 is 0 Å². The van der Waals surface area contributed by atoms with Crippen molar-refractivity contribution in [3.63, 3.8) is 0 Å². The van der Waals surface area contributed by atoms with Gasteiger partial charge >= 0.3 is 0 Å². The molecule has 2 N–H and O–H groups in total. The molecule has 4 aromatic rings. The van der Waals surface area contributed by atoms with Crippen LogP contribution in [0.1, 0.15) is 10.5 Å². The van der Waals surface area contributed by atoms with Gasteiger partial charge in [-0.25, -0.2) is 8.78 Å². The molecular weight excluding hydrogens is 362 g/mol. The summed E-state index contributed by atoms with van der Waals surface area (Å²) in [6.07, 6.45) is 3.08. The monoisotopic (exact) mass is 376 g/mol. The third-order valence-electron chi connectivity index (χ3n) is 4.08. The van der Waals surface area contributed by atoms with Crippen molar-refractivity contribution in [3.05, 3.63) is 90.4 Å². The number of pyridine rings is 2. The highest BCUT2D eigenvalue weighted by Gasteiger charge is 2.12. The normalized spacial score (nSPS) is 10.6. The van der Waals surface area contributed by atoms with Crippen molar-refractivity contribution >= 4 is 33.9 Å². The number of aromatic nitrogens is 2. The Balaban J connectivity index is 1.57. The van der Waals surface area contributed by atoms with E-state index in [9.17, 15) is 13.6 Å². The molecule has 0 bridgehead atoms. The number of nitrogens with one attached hydrogen (secondary N) is 2. The molecular formula is C21H14F2N4O. The third kappa shape index (κ3) is 3.64. The van der Waals surface area contributed by atoms with Crippen LogP contribution in [0.15, 0.2) is 73.1 Å². The fraction of sp³-hybridized carbons (Fsp3) is 0. The molecule has 0 aliphatic rings. The number of carbonyl (C=O) groups is 1. The Morgan fingerprint density at radius 2 is 1.71 bits per heavy atom. The van der Waals surface area contributed by atoms with Gasteiger partial charge in [-0.2, -0.15) is 0 Å². The van der Waals surface area contributed by atoms with Gasteiger partial charge < -0.3 is 10.6 Å². The predicted molar refractivity (Wildman–Crippen MR) is 104 cm³/mol. The second-order valence-electron chi connectivity index (χ2n) is 6.01. The second-order valence-corrected chi connectivity index (χ2v) is 6.01. The predicted octanol–water partition coefficient (Wildman–Crippen LogP) is 4.90. The van der Waals surface area contributed by atoms with Gasteiger partial charge in [-0.05, 0) is 36.4 Å². The molecule has 7 heteroatoms. The van der Waals surface area contributed by atoms with Gasteiger partial charge in [0.15, 0.2) is 0 Å². The molecule has 0 atom stereocenters. The lowest BCUT2D eigenvalue weighted by Gasteiger charge is -2.10. The Kier molecular flexibility index (Phi) is 4.63. The standard InChI is InChI=1S/C21H14F2N4O/c22-14-6-7-17(16(23)11-14)26-15-8-10-24-19(12-15)21(28)27-18-5-1-3-13-4-2-9-25-20(13)18/h1-12H,(H,24,26)(H,27,28). The van der Waals surface area contributed by atoms with Gasteiger partial charge in [0.05, 0.1) is 16.9 Å². The summed E-state index contributed by atoms with van der Waals surface area (Å²) in [6.45, 7) is 0. The highest BCUT2D eigenvalue weighted by Crippen LogP contribution is 2.23. The number of hydrogen-bond donors (Lipinski definition) is 2. The van der Waals surface area contributed by atoms with Gasteiger partial charge in [-0.3, -0.25) is 14.8 Å². The van der Waals surface area contributed by atoms with E-state index in [1.165, 1.54) is 18.3 Å². The minimum absolute atomic E-state index is 0.0946. The maximum Gasteiger partial charge on any atom is 0.274 e. The first-order chi connectivity index (χ1) is 13.6. The Labute approximate surface area is 159 Å². The lowest BCUT2D eigenvalue weighted by molar-refractivity contribution is 0.102. The van der Waals surface area contributed by atoms with Gasteiger partial charge in [-0.1, -0.05) is 18.2 Å². The lowest BCUT2D eigenvalue weighted by atomic mass is 10.2. The molecule has 0 saturated carbocycles. The Hall–Kier alpha value is -3.87. The van der Waals surface area contributed by atoms with Crippen LogP contribution in [0.2, 0.25) is 0 Å². The van der Waals surface area contributed by atoms with Crippen molar-refractivity contribution in [1.82, 2.24) is 9.97 Å². The highest BCUT2D eigenvalue weighted by atomic mass is 19.1. The van der Waals surface area contributed by atoms with E-state index < -0.39 is 17.5 Å². The zero-order chi connectivity index (χ0) is 19.5. The largest absolute Gasteiger partial charge is 0.353 e. The Morgan fingerprint density at radius 1 is 0.857 bits per heavy atom. The number of benzene rings is 2. The topological polar surface area (TPSA) is 66.9 Å². The number of amides is 1. The van der Waals surface area contributed by atoms with Crippen LogP contribution in [0.4, 0.5) is 25.8 Å². The number of carbonyl (C=O) groups excluding carboxylic acids is 1. The molecule has 1 amide bonds. The molecule has 0 radical (unpaired) electrons. The second kappa shape index (κ2) is 7.40. The van der Waals surface area contributed by atoms with Gasteiger partial charge in [0.2, 0.25) is 0 Å². The van der Waals surface area contributed by atoms with Gasteiger partial charge in [0.25, 0.3) is 5.91 Å². The molecule has 2 aromatic heterocycles. The molecule has 28 heavy (non-hydrogen) atoms. The van der Waals surface area contributed by atoms with E-state index in [0.717, 1.165) is 17.5 Å². The molecule has 0 spiro atoms. The number of rotatable bonds is 4. The van der Waals surface area contributed by atoms with Crippen molar-refractivity contribution in [2.75, 3.05) is 10.6 Å². The lowest BCUT2D eigenvalue weighted by Crippen LogP contribution is -2.14. The van der Waals surface area contributed by atoms with E-state index in [1.807, 2.05) is 24.3 Å². The summed E-state index contributed by atoms with van der Waals surface area (Å²) in [6, 6.07) is 15.5. The Bertz CT molecular complexity index is 1170. The molecule has 0 aliphatic carbocycles. The summed E-state index contributed by atoms with van der Waals surface area (Å²) in [7, 11) is 0. The van der Waals surface area contributed by atoms with Crippen molar-refractivity contribution in [2.45, 2.75) is 0 Å². The molecule has 0 unspecified atom stereocenters. The summed E-state index contributed by atoms with van der Waals surface area (Å²) in [5.41, 5.74) is 1.91. The van der Waals surface area contributed by atoms with E-state index in [4.69, 9.17) is 0 Å². The summed E-state index contributed by atoms with van der Waals surface area (Å²) in [4.78, 5) is 21.0. The first-order valence-electron chi connectivity index (χ1n) is 8.43. The van der Waals surface area contributed by atoms with Crippen molar-refractivity contribution in [3.8, 4) is 0 Å². The van der Waals surface area contributed by atoms with Crippen LogP contribution in [0.25, 0.3) is 10.9 Å². The quantitative estimate of drug-likeness (QED) is 0.531. The minimum Gasteiger partial charge on any atom is -0.353 e. The third-order valence-corrected chi connectivity index (χ3v) is 4.08. The number of fused-ring (bicyclic) bond motifs is 1. The summed E-state index contributed by atoms with van der Waals surface area (Å²) >= 11 is 0. The first kappa shape index (κ1) is 17.5. The van der Waals surface area contributed by atoms with Crippen LogP contribution in [0.3, 0.4) is 0 Å². The maximum atomic E-state index is 13.8.